The third-order valence-corrected chi connectivity index (χ3v) is 3.38. The van der Waals surface area contributed by atoms with Crippen LogP contribution in [-0.4, -0.2) is 27.1 Å². The molecule has 0 radical (unpaired) electrons. The van der Waals surface area contributed by atoms with E-state index in [1.165, 1.54) is 12.8 Å². The van der Waals surface area contributed by atoms with Crippen LogP contribution in [0, 0.1) is 5.92 Å². The lowest BCUT2D eigenvalue weighted by Crippen LogP contribution is -2.17. The van der Waals surface area contributed by atoms with Crippen molar-refractivity contribution in [2.24, 2.45) is 11.7 Å². The molecule has 6 heteroatoms. The second-order valence-corrected chi connectivity index (χ2v) is 4.96. The summed E-state index contributed by atoms with van der Waals surface area (Å²) in [5, 5.41) is 8.18. The maximum Gasteiger partial charge on any atom is 0.145 e. The topological polar surface area (TPSA) is 66.0 Å². The van der Waals surface area contributed by atoms with Crippen LogP contribution < -0.4 is 5.73 Å². The number of hydrogen-bond acceptors (Lipinski definition) is 4. The van der Waals surface area contributed by atoms with Gasteiger partial charge in [0, 0.05) is 13.7 Å². The van der Waals surface area contributed by atoms with Crippen LogP contribution in [0.25, 0.3) is 0 Å². The van der Waals surface area contributed by atoms with E-state index in [1.54, 1.807) is 7.11 Å². The summed E-state index contributed by atoms with van der Waals surface area (Å²) in [6, 6.07) is 0. The van der Waals surface area contributed by atoms with Crippen LogP contribution in [0.2, 0.25) is 0 Å². The second-order valence-electron chi connectivity index (χ2n) is 4.52. The molecule has 17 heavy (non-hydrogen) atoms. The lowest BCUT2D eigenvalue weighted by Gasteiger charge is -2.13. The standard InChI is InChI=1S/C11H18N4OS/c1-7(16-2)10-9(11(12)17)13-14-15(10)6-5-8-3-4-8/h7-8H,3-6H2,1-2H3,(H2,12,17). The van der Waals surface area contributed by atoms with E-state index in [0.29, 0.717) is 5.69 Å². The normalized spacial score (nSPS) is 17.1. The van der Waals surface area contributed by atoms with Crippen LogP contribution in [0.15, 0.2) is 0 Å². The van der Waals surface area contributed by atoms with Crippen molar-refractivity contribution in [3.8, 4) is 0 Å². The summed E-state index contributed by atoms with van der Waals surface area (Å²) in [6.45, 7) is 2.82. The van der Waals surface area contributed by atoms with Gasteiger partial charge in [0.25, 0.3) is 0 Å². The van der Waals surface area contributed by atoms with Crippen LogP contribution in [0.3, 0.4) is 0 Å². The van der Waals surface area contributed by atoms with Gasteiger partial charge in [0.2, 0.25) is 0 Å². The summed E-state index contributed by atoms with van der Waals surface area (Å²) in [7, 11) is 1.66. The lowest BCUT2D eigenvalue weighted by atomic mass is 10.2. The minimum atomic E-state index is -0.0966. The second kappa shape index (κ2) is 5.10. The Kier molecular flexibility index (Phi) is 3.73. The van der Waals surface area contributed by atoms with Crippen molar-refractivity contribution in [1.82, 2.24) is 15.0 Å². The first-order chi connectivity index (χ1) is 8.13. The zero-order chi connectivity index (χ0) is 12.4. The number of nitrogens with zero attached hydrogens (tertiary/aromatic N) is 3. The molecule has 1 unspecified atom stereocenters. The minimum absolute atomic E-state index is 0.0966. The van der Waals surface area contributed by atoms with E-state index in [2.05, 4.69) is 10.3 Å². The molecule has 0 spiro atoms. The number of aromatic nitrogens is 3. The fourth-order valence-electron chi connectivity index (χ4n) is 1.89. The number of rotatable bonds is 6. The molecule has 0 aliphatic heterocycles. The van der Waals surface area contributed by atoms with Crippen LogP contribution in [0.1, 0.15) is 43.7 Å². The minimum Gasteiger partial charge on any atom is -0.388 e. The molecule has 1 fully saturated rings. The SMILES string of the molecule is COC(C)c1c(C(N)=S)nnn1CCC1CC1. The maximum absolute atomic E-state index is 5.65. The Morgan fingerprint density at radius 3 is 2.88 bits per heavy atom. The summed E-state index contributed by atoms with van der Waals surface area (Å²) in [4.78, 5) is 0.279. The first-order valence-electron chi connectivity index (χ1n) is 5.89. The largest absolute Gasteiger partial charge is 0.388 e. The van der Waals surface area contributed by atoms with Gasteiger partial charge < -0.3 is 10.5 Å². The van der Waals surface area contributed by atoms with Crippen LogP contribution >= 0.6 is 12.2 Å². The Hall–Kier alpha value is -1.01. The number of hydrogen-bond donors (Lipinski definition) is 1. The summed E-state index contributed by atoms with van der Waals surface area (Å²) in [5.41, 5.74) is 7.13. The number of nitrogens with two attached hydrogens (primary N) is 1. The smallest absolute Gasteiger partial charge is 0.145 e. The molecule has 1 aromatic heterocycles. The molecule has 2 rings (SSSR count). The fraction of sp³-hybridized carbons (Fsp3) is 0.727. The van der Waals surface area contributed by atoms with Crippen LogP contribution in [0.4, 0.5) is 0 Å². The van der Waals surface area contributed by atoms with E-state index in [9.17, 15) is 0 Å². The maximum atomic E-state index is 5.65. The number of ether oxygens (including phenoxy) is 1. The molecule has 0 bridgehead atoms. The molecular weight excluding hydrogens is 236 g/mol. The predicted molar refractivity (Wildman–Crippen MR) is 68.7 cm³/mol. The van der Waals surface area contributed by atoms with Gasteiger partial charge in [0.1, 0.15) is 10.7 Å². The molecule has 0 aromatic carbocycles. The molecule has 1 atom stereocenters. The summed E-state index contributed by atoms with van der Waals surface area (Å²) < 4.78 is 7.21. The van der Waals surface area contributed by atoms with Crippen molar-refractivity contribution in [1.29, 1.82) is 0 Å². The third-order valence-electron chi connectivity index (χ3n) is 3.19. The molecule has 1 heterocycles. The molecule has 0 saturated heterocycles. The highest BCUT2D eigenvalue weighted by Crippen LogP contribution is 2.33. The van der Waals surface area contributed by atoms with Gasteiger partial charge in [-0.1, -0.05) is 30.3 Å². The fourth-order valence-corrected chi connectivity index (χ4v) is 2.03. The molecular formula is C11H18N4OS. The van der Waals surface area contributed by atoms with E-state index < -0.39 is 0 Å². The third kappa shape index (κ3) is 2.81. The zero-order valence-corrected chi connectivity index (χ0v) is 11.0. The van der Waals surface area contributed by atoms with Crippen molar-refractivity contribution in [2.45, 2.75) is 38.8 Å². The highest BCUT2D eigenvalue weighted by molar-refractivity contribution is 7.80. The van der Waals surface area contributed by atoms with Crippen molar-refractivity contribution in [3.05, 3.63) is 11.4 Å². The Morgan fingerprint density at radius 1 is 1.65 bits per heavy atom. The van der Waals surface area contributed by atoms with Gasteiger partial charge in [-0.15, -0.1) is 5.10 Å². The van der Waals surface area contributed by atoms with E-state index >= 15 is 0 Å². The van der Waals surface area contributed by atoms with Crippen molar-refractivity contribution >= 4 is 17.2 Å². The summed E-state index contributed by atoms with van der Waals surface area (Å²) in [6.07, 6.45) is 3.72. The van der Waals surface area contributed by atoms with Crippen LogP contribution in [-0.2, 0) is 11.3 Å². The molecule has 2 N–H and O–H groups in total. The lowest BCUT2D eigenvalue weighted by molar-refractivity contribution is 0.111. The average molecular weight is 254 g/mol. The molecule has 0 amide bonds. The predicted octanol–water partition coefficient (Wildman–Crippen LogP) is 1.42. The zero-order valence-electron chi connectivity index (χ0n) is 10.2. The number of methoxy groups -OCH3 is 1. The van der Waals surface area contributed by atoms with Crippen molar-refractivity contribution in [3.63, 3.8) is 0 Å². The van der Waals surface area contributed by atoms with E-state index in [4.69, 9.17) is 22.7 Å². The summed E-state index contributed by atoms with van der Waals surface area (Å²) in [5.74, 6) is 0.859. The van der Waals surface area contributed by atoms with Gasteiger partial charge in [0.05, 0.1) is 11.8 Å². The monoisotopic (exact) mass is 254 g/mol. The molecule has 1 aliphatic carbocycles. The van der Waals surface area contributed by atoms with Gasteiger partial charge in [-0.25, -0.2) is 4.68 Å². The van der Waals surface area contributed by atoms with E-state index in [-0.39, 0.29) is 11.1 Å². The van der Waals surface area contributed by atoms with Crippen molar-refractivity contribution in [2.75, 3.05) is 7.11 Å². The van der Waals surface area contributed by atoms with Gasteiger partial charge >= 0.3 is 0 Å². The van der Waals surface area contributed by atoms with E-state index in [0.717, 1.165) is 24.6 Å². The molecule has 1 aromatic rings. The first kappa shape index (κ1) is 12.4. The first-order valence-corrected chi connectivity index (χ1v) is 6.30. The Morgan fingerprint density at radius 2 is 2.35 bits per heavy atom. The Balaban J connectivity index is 2.20. The summed E-state index contributed by atoms with van der Waals surface area (Å²) >= 11 is 4.98. The molecule has 94 valence electrons. The highest BCUT2D eigenvalue weighted by Gasteiger charge is 2.24. The van der Waals surface area contributed by atoms with Crippen LogP contribution in [0.5, 0.6) is 0 Å². The number of aryl methyl sites for hydroxylation is 1. The van der Waals surface area contributed by atoms with Gasteiger partial charge in [-0.05, 0) is 19.3 Å². The van der Waals surface area contributed by atoms with E-state index in [1.807, 2.05) is 11.6 Å². The number of thiocarbonyl (C=S) groups is 1. The Labute approximate surface area is 106 Å². The van der Waals surface area contributed by atoms with Crippen molar-refractivity contribution < 1.29 is 4.74 Å². The van der Waals surface area contributed by atoms with Gasteiger partial charge in [-0.2, -0.15) is 0 Å². The molecule has 5 nitrogen and oxygen atoms in total. The van der Waals surface area contributed by atoms with Gasteiger partial charge in [-0.3, -0.25) is 0 Å². The molecule has 1 saturated carbocycles. The Bertz CT molecular complexity index is 414. The van der Waals surface area contributed by atoms with Gasteiger partial charge in [0.15, 0.2) is 0 Å². The highest BCUT2D eigenvalue weighted by atomic mass is 32.1. The quantitative estimate of drug-likeness (QED) is 0.778. The average Bonchev–Trinajstić information content (AvgIpc) is 3.03. The molecule has 1 aliphatic rings.